The Morgan fingerprint density at radius 2 is 2.21 bits per heavy atom. The number of hydrogen-bond acceptors (Lipinski definition) is 2. The minimum atomic E-state index is -0.366. The maximum Gasteiger partial charge on any atom is 0.127 e. The highest BCUT2D eigenvalue weighted by molar-refractivity contribution is 6.30. The lowest BCUT2D eigenvalue weighted by molar-refractivity contribution is -0.0566. The highest BCUT2D eigenvalue weighted by atomic mass is 35.5. The maximum absolute atomic E-state index is 13.5. The van der Waals surface area contributed by atoms with Crippen LogP contribution in [0.15, 0.2) is 18.2 Å². The van der Waals surface area contributed by atoms with Crippen molar-refractivity contribution in [3.05, 3.63) is 34.6 Å². The van der Waals surface area contributed by atoms with E-state index in [4.69, 9.17) is 22.1 Å². The molecule has 4 heteroatoms. The molecule has 1 aliphatic rings. The van der Waals surface area contributed by atoms with Crippen molar-refractivity contribution in [1.82, 2.24) is 0 Å². The molecular weight excluding hydrogens is 205 g/mol. The molecule has 14 heavy (non-hydrogen) atoms. The Kier molecular flexibility index (Phi) is 2.47. The van der Waals surface area contributed by atoms with E-state index in [0.29, 0.717) is 30.3 Å². The topological polar surface area (TPSA) is 35.2 Å². The van der Waals surface area contributed by atoms with Gasteiger partial charge in [0.05, 0.1) is 18.6 Å². The molecule has 2 nitrogen and oxygen atoms in total. The van der Waals surface area contributed by atoms with Gasteiger partial charge in [-0.15, -0.1) is 0 Å². The first-order valence-electron chi connectivity index (χ1n) is 4.41. The summed E-state index contributed by atoms with van der Waals surface area (Å²) in [7, 11) is 0. The molecule has 0 amide bonds. The van der Waals surface area contributed by atoms with E-state index in [2.05, 4.69) is 0 Å². The minimum Gasteiger partial charge on any atom is -0.379 e. The van der Waals surface area contributed by atoms with Crippen molar-refractivity contribution < 1.29 is 9.13 Å². The molecule has 0 atom stereocenters. The quantitative estimate of drug-likeness (QED) is 0.815. The molecule has 0 radical (unpaired) electrons. The van der Waals surface area contributed by atoms with Crippen molar-refractivity contribution >= 4 is 11.6 Å². The SMILES string of the molecule is NCC1(c2cc(Cl)ccc2F)COC1. The molecule has 0 saturated carbocycles. The highest BCUT2D eigenvalue weighted by Crippen LogP contribution is 2.34. The van der Waals surface area contributed by atoms with Gasteiger partial charge >= 0.3 is 0 Å². The first-order chi connectivity index (χ1) is 6.68. The van der Waals surface area contributed by atoms with Crippen molar-refractivity contribution in [3.8, 4) is 0 Å². The van der Waals surface area contributed by atoms with Crippen LogP contribution in [0.25, 0.3) is 0 Å². The summed E-state index contributed by atoms with van der Waals surface area (Å²) in [5, 5.41) is 0.529. The maximum atomic E-state index is 13.5. The average Bonchev–Trinajstić information content (AvgIpc) is 2.10. The van der Waals surface area contributed by atoms with Crippen molar-refractivity contribution in [2.45, 2.75) is 5.41 Å². The molecule has 1 aliphatic heterocycles. The van der Waals surface area contributed by atoms with Crippen molar-refractivity contribution in [2.24, 2.45) is 5.73 Å². The molecule has 1 aromatic rings. The van der Waals surface area contributed by atoms with Gasteiger partial charge in [0.2, 0.25) is 0 Å². The van der Waals surface area contributed by atoms with Gasteiger partial charge in [-0.25, -0.2) is 4.39 Å². The van der Waals surface area contributed by atoms with Crippen molar-refractivity contribution in [3.63, 3.8) is 0 Å². The third kappa shape index (κ3) is 1.41. The summed E-state index contributed by atoms with van der Waals surface area (Å²) >= 11 is 5.81. The van der Waals surface area contributed by atoms with Crippen LogP contribution in [-0.2, 0) is 10.2 Å². The van der Waals surface area contributed by atoms with Gasteiger partial charge in [-0.2, -0.15) is 0 Å². The molecule has 0 aliphatic carbocycles. The van der Waals surface area contributed by atoms with Gasteiger partial charge in [0, 0.05) is 17.1 Å². The van der Waals surface area contributed by atoms with E-state index in [1.165, 1.54) is 12.1 Å². The number of nitrogens with two attached hydrogens (primary N) is 1. The zero-order chi connectivity index (χ0) is 10.2. The van der Waals surface area contributed by atoms with Gasteiger partial charge in [0.25, 0.3) is 0 Å². The number of benzene rings is 1. The Labute approximate surface area is 86.8 Å². The van der Waals surface area contributed by atoms with Crippen LogP contribution in [0.5, 0.6) is 0 Å². The van der Waals surface area contributed by atoms with Crippen LogP contribution in [0.2, 0.25) is 5.02 Å². The molecule has 2 rings (SSSR count). The lowest BCUT2D eigenvalue weighted by Crippen LogP contribution is -2.52. The zero-order valence-electron chi connectivity index (χ0n) is 7.59. The van der Waals surface area contributed by atoms with Crippen LogP contribution < -0.4 is 5.73 Å². The van der Waals surface area contributed by atoms with E-state index >= 15 is 0 Å². The molecule has 1 saturated heterocycles. The molecule has 0 bridgehead atoms. The summed E-state index contributed by atoms with van der Waals surface area (Å²) in [4.78, 5) is 0. The van der Waals surface area contributed by atoms with Gasteiger partial charge in [-0.05, 0) is 18.2 Å². The summed E-state index contributed by atoms with van der Waals surface area (Å²) < 4.78 is 18.6. The van der Waals surface area contributed by atoms with E-state index in [1.807, 2.05) is 0 Å². The Morgan fingerprint density at radius 3 is 2.71 bits per heavy atom. The van der Waals surface area contributed by atoms with E-state index in [0.717, 1.165) is 0 Å². The van der Waals surface area contributed by atoms with E-state index < -0.39 is 0 Å². The smallest absolute Gasteiger partial charge is 0.127 e. The molecule has 0 spiro atoms. The molecule has 1 fully saturated rings. The van der Waals surface area contributed by atoms with Gasteiger partial charge in [-0.1, -0.05) is 11.6 Å². The van der Waals surface area contributed by atoms with E-state index in [-0.39, 0.29) is 11.2 Å². The Balaban J connectivity index is 2.43. The fourth-order valence-electron chi connectivity index (χ4n) is 1.64. The summed E-state index contributed by atoms with van der Waals surface area (Å²) in [6.07, 6.45) is 0. The molecule has 0 aromatic heterocycles. The summed E-state index contributed by atoms with van der Waals surface area (Å²) in [5.74, 6) is -0.261. The lowest BCUT2D eigenvalue weighted by atomic mass is 9.78. The van der Waals surface area contributed by atoms with Crippen LogP contribution in [-0.4, -0.2) is 19.8 Å². The third-order valence-corrected chi connectivity index (χ3v) is 2.88. The number of rotatable bonds is 2. The zero-order valence-corrected chi connectivity index (χ0v) is 8.35. The normalized spacial score (nSPS) is 19.1. The van der Waals surface area contributed by atoms with Gasteiger partial charge in [0.15, 0.2) is 0 Å². The second kappa shape index (κ2) is 3.50. The van der Waals surface area contributed by atoms with Crippen LogP contribution in [0.3, 0.4) is 0 Å². The molecule has 2 N–H and O–H groups in total. The molecule has 0 unspecified atom stereocenters. The highest BCUT2D eigenvalue weighted by Gasteiger charge is 2.41. The van der Waals surface area contributed by atoms with E-state index in [9.17, 15) is 4.39 Å². The van der Waals surface area contributed by atoms with Gasteiger partial charge < -0.3 is 10.5 Å². The fraction of sp³-hybridized carbons (Fsp3) is 0.400. The summed E-state index contributed by atoms with van der Waals surface area (Å²) in [6, 6.07) is 4.53. The predicted octanol–water partition coefficient (Wildman–Crippen LogP) is 1.71. The van der Waals surface area contributed by atoms with Crippen molar-refractivity contribution in [2.75, 3.05) is 19.8 Å². The monoisotopic (exact) mass is 215 g/mol. The minimum absolute atomic E-state index is 0.261. The van der Waals surface area contributed by atoms with Crippen LogP contribution >= 0.6 is 11.6 Å². The summed E-state index contributed by atoms with van der Waals surface area (Å²) in [6.45, 7) is 1.33. The number of ether oxygens (including phenoxy) is 1. The standard InChI is InChI=1S/C10H11ClFNO/c11-7-1-2-9(12)8(3-7)10(4-13)5-14-6-10/h1-3H,4-6,13H2. The number of halogens is 2. The molecule has 76 valence electrons. The average molecular weight is 216 g/mol. The van der Waals surface area contributed by atoms with Crippen LogP contribution in [0.1, 0.15) is 5.56 Å². The fourth-order valence-corrected chi connectivity index (χ4v) is 1.81. The first-order valence-corrected chi connectivity index (χ1v) is 4.79. The second-order valence-corrected chi connectivity index (χ2v) is 4.04. The van der Waals surface area contributed by atoms with Gasteiger partial charge in [0.1, 0.15) is 5.82 Å². The summed E-state index contributed by atoms with van der Waals surface area (Å²) in [5.41, 5.74) is 5.83. The van der Waals surface area contributed by atoms with Crippen molar-refractivity contribution in [1.29, 1.82) is 0 Å². The van der Waals surface area contributed by atoms with Crippen LogP contribution in [0, 0.1) is 5.82 Å². The molecule has 1 aromatic carbocycles. The third-order valence-electron chi connectivity index (χ3n) is 2.65. The lowest BCUT2D eigenvalue weighted by Gasteiger charge is -2.41. The predicted molar refractivity (Wildman–Crippen MR) is 53.0 cm³/mol. The Bertz CT molecular complexity index is 346. The number of hydrogen-bond donors (Lipinski definition) is 1. The van der Waals surface area contributed by atoms with Gasteiger partial charge in [-0.3, -0.25) is 0 Å². The second-order valence-electron chi connectivity index (χ2n) is 3.60. The Morgan fingerprint density at radius 1 is 1.50 bits per heavy atom. The Hall–Kier alpha value is -0.640. The molecule has 1 heterocycles. The van der Waals surface area contributed by atoms with Crippen LogP contribution in [0.4, 0.5) is 4.39 Å². The largest absolute Gasteiger partial charge is 0.379 e. The first kappa shape index (κ1) is 9.90. The molecular formula is C10H11ClFNO. The van der Waals surface area contributed by atoms with E-state index in [1.54, 1.807) is 6.07 Å².